The van der Waals surface area contributed by atoms with Gasteiger partial charge < -0.3 is 5.32 Å². The van der Waals surface area contributed by atoms with E-state index in [2.05, 4.69) is 14.9 Å². The average Bonchev–Trinajstić information content (AvgIpc) is 2.94. The van der Waals surface area contributed by atoms with Crippen LogP contribution in [0.25, 0.3) is 0 Å². The smallest absolute Gasteiger partial charge is 0.240 e. The number of amides is 1. The Kier molecular flexibility index (Phi) is 7.74. The quantitative estimate of drug-likeness (QED) is 0.656. The fourth-order valence-corrected chi connectivity index (χ4v) is 5.51. The molecule has 0 bridgehead atoms. The van der Waals surface area contributed by atoms with Crippen molar-refractivity contribution in [3.8, 4) is 0 Å². The molecule has 2 fully saturated rings. The van der Waals surface area contributed by atoms with Crippen LogP contribution in [0.3, 0.4) is 0 Å². The van der Waals surface area contributed by atoms with Gasteiger partial charge in [0.1, 0.15) is 0 Å². The molecular formula is C20H30ClN3O3S. The molecule has 0 spiro atoms. The zero-order chi connectivity index (χ0) is 20.0. The minimum atomic E-state index is -3.66. The highest BCUT2D eigenvalue weighted by atomic mass is 35.5. The summed E-state index contributed by atoms with van der Waals surface area (Å²) in [6.45, 7) is 2.02. The number of hydrogen-bond donors (Lipinski definition) is 2. The van der Waals surface area contributed by atoms with Gasteiger partial charge in [0.05, 0.1) is 4.90 Å². The van der Waals surface area contributed by atoms with Gasteiger partial charge >= 0.3 is 0 Å². The maximum Gasteiger partial charge on any atom is 0.240 e. The number of benzene rings is 1. The van der Waals surface area contributed by atoms with Crippen LogP contribution in [-0.2, 0) is 14.8 Å². The summed E-state index contributed by atoms with van der Waals surface area (Å²) >= 11 is 5.85. The molecule has 2 N–H and O–H groups in total. The third-order valence-corrected chi connectivity index (χ3v) is 7.37. The van der Waals surface area contributed by atoms with Crippen molar-refractivity contribution >= 4 is 27.5 Å². The fourth-order valence-electron chi connectivity index (χ4n) is 4.18. The van der Waals surface area contributed by atoms with Crippen LogP contribution >= 0.6 is 11.6 Å². The Hall–Kier alpha value is -1.15. The molecule has 1 aliphatic carbocycles. The highest BCUT2D eigenvalue weighted by molar-refractivity contribution is 7.89. The molecule has 1 unspecified atom stereocenters. The highest BCUT2D eigenvalue weighted by Gasteiger charge is 2.29. The molecule has 6 nitrogen and oxygen atoms in total. The molecule has 1 aromatic rings. The second-order valence-electron chi connectivity index (χ2n) is 7.80. The van der Waals surface area contributed by atoms with Gasteiger partial charge in [0.15, 0.2) is 0 Å². The van der Waals surface area contributed by atoms with Gasteiger partial charge in [0.2, 0.25) is 15.9 Å². The molecular weight excluding hydrogens is 398 g/mol. The number of nitrogens with one attached hydrogen (secondary N) is 2. The molecule has 1 saturated carbocycles. The van der Waals surface area contributed by atoms with Gasteiger partial charge in [-0.3, -0.25) is 9.69 Å². The van der Waals surface area contributed by atoms with E-state index in [4.69, 9.17) is 11.6 Å². The predicted octanol–water partition coefficient (Wildman–Crippen LogP) is 2.92. The Bertz CT molecular complexity index is 764. The Balaban J connectivity index is 1.40. The molecule has 28 heavy (non-hydrogen) atoms. The number of nitrogens with zero attached hydrogens (tertiary/aromatic N) is 1. The molecule has 1 heterocycles. The Morgan fingerprint density at radius 3 is 2.61 bits per heavy atom. The van der Waals surface area contributed by atoms with E-state index in [-0.39, 0.29) is 29.8 Å². The lowest BCUT2D eigenvalue weighted by Gasteiger charge is -2.26. The number of halogens is 1. The van der Waals surface area contributed by atoms with Crippen LogP contribution in [0, 0.1) is 0 Å². The first kappa shape index (κ1) is 21.6. The number of likely N-dealkylation sites (tertiary alicyclic amines) is 1. The van der Waals surface area contributed by atoms with Crippen molar-refractivity contribution < 1.29 is 13.2 Å². The van der Waals surface area contributed by atoms with Crippen LogP contribution in [0.2, 0.25) is 5.02 Å². The minimum Gasteiger partial charge on any atom is -0.352 e. The lowest BCUT2D eigenvalue weighted by Crippen LogP contribution is -2.40. The summed E-state index contributed by atoms with van der Waals surface area (Å²) in [5.41, 5.74) is 0. The van der Waals surface area contributed by atoms with Gasteiger partial charge in [0.25, 0.3) is 0 Å². The van der Waals surface area contributed by atoms with E-state index in [0.29, 0.717) is 11.1 Å². The third kappa shape index (κ3) is 6.17. The maximum absolute atomic E-state index is 12.2. The van der Waals surface area contributed by atoms with Crippen molar-refractivity contribution in [1.82, 2.24) is 14.9 Å². The molecule has 2 aliphatic rings. The molecule has 1 saturated heterocycles. The molecule has 1 aliphatic heterocycles. The number of carbonyl (C=O) groups excluding carboxylic acids is 1. The van der Waals surface area contributed by atoms with Crippen molar-refractivity contribution in [2.75, 3.05) is 19.6 Å². The molecule has 1 amide bonds. The zero-order valence-electron chi connectivity index (χ0n) is 16.2. The lowest BCUT2D eigenvalue weighted by atomic mass is 10.1. The van der Waals surface area contributed by atoms with Crippen LogP contribution in [-0.4, -0.2) is 50.9 Å². The predicted molar refractivity (Wildman–Crippen MR) is 111 cm³/mol. The highest BCUT2D eigenvalue weighted by Crippen LogP contribution is 2.25. The average molecular weight is 428 g/mol. The Morgan fingerprint density at radius 2 is 1.89 bits per heavy atom. The molecule has 0 radical (unpaired) electrons. The molecule has 3 rings (SSSR count). The van der Waals surface area contributed by atoms with Crippen LogP contribution in [0.1, 0.15) is 51.4 Å². The summed E-state index contributed by atoms with van der Waals surface area (Å²) in [4.78, 5) is 14.9. The van der Waals surface area contributed by atoms with E-state index in [1.807, 2.05) is 0 Å². The standard InChI is InChI=1S/C20H30ClN3O3S/c21-16-6-5-9-19(14-16)28(26,27)22-12-10-20(25)23-17-11-13-24(15-17)18-7-3-1-2-4-8-18/h5-6,9,14,17-18,22H,1-4,7-8,10-13,15H2,(H,23,25). The summed E-state index contributed by atoms with van der Waals surface area (Å²) in [5, 5.41) is 3.42. The summed E-state index contributed by atoms with van der Waals surface area (Å²) < 4.78 is 27.0. The van der Waals surface area contributed by atoms with Crippen molar-refractivity contribution in [2.45, 2.75) is 68.3 Å². The van der Waals surface area contributed by atoms with E-state index < -0.39 is 10.0 Å². The summed E-state index contributed by atoms with van der Waals surface area (Å²) in [7, 11) is -3.66. The first-order chi connectivity index (χ1) is 13.4. The van der Waals surface area contributed by atoms with Crippen molar-refractivity contribution in [1.29, 1.82) is 0 Å². The van der Waals surface area contributed by atoms with Crippen LogP contribution < -0.4 is 10.0 Å². The van der Waals surface area contributed by atoms with Gasteiger partial charge in [-0.2, -0.15) is 0 Å². The Labute approximate surface area is 173 Å². The largest absolute Gasteiger partial charge is 0.352 e. The van der Waals surface area contributed by atoms with Gasteiger partial charge in [-0.1, -0.05) is 43.4 Å². The van der Waals surface area contributed by atoms with Gasteiger partial charge in [-0.15, -0.1) is 0 Å². The molecule has 1 atom stereocenters. The fraction of sp³-hybridized carbons (Fsp3) is 0.650. The SMILES string of the molecule is O=C(CCNS(=O)(=O)c1cccc(Cl)c1)NC1CCN(C2CCCCCC2)C1. The first-order valence-corrected chi connectivity index (χ1v) is 12.1. The van der Waals surface area contributed by atoms with Crippen LogP contribution in [0.15, 0.2) is 29.2 Å². The van der Waals surface area contributed by atoms with Crippen LogP contribution in [0.4, 0.5) is 0 Å². The monoisotopic (exact) mass is 427 g/mol. The molecule has 156 valence electrons. The lowest BCUT2D eigenvalue weighted by molar-refractivity contribution is -0.121. The van der Waals surface area contributed by atoms with E-state index in [0.717, 1.165) is 19.5 Å². The second kappa shape index (κ2) is 10.1. The Morgan fingerprint density at radius 1 is 1.14 bits per heavy atom. The second-order valence-corrected chi connectivity index (χ2v) is 10.0. The number of sulfonamides is 1. The normalized spacial score (nSPS) is 22.1. The minimum absolute atomic E-state index is 0.0692. The van der Waals surface area contributed by atoms with Crippen molar-refractivity contribution in [3.63, 3.8) is 0 Å². The molecule has 8 heteroatoms. The zero-order valence-corrected chi connectivity index (χ0v) is 17.8. The molecule has 0 aromatic heterocycles. The van der Waals surface area contributed by atoms with Crippen LogP contribution in [0.5, 0.6) is 0 Å². The summed E-state index contributed by atoms with van der Waals surface area (Å²) in [5.74, 6) is -0.110. The van der Waals surface area contributed by atoms with Gasteiger partial charge in [-0.05, 0) is 37.5 Å². The molecule has 1 aromatic carbocycles. The van der Waals surface area contributed by atoms with Gasteiger partial charge in [0, 0.05) is 43.2 Å². The topological polar surface area (TPSA) is 78.5 Å². The maximum atomic E-state index is 12.2. The van der Waals surface area contributed by atoms with E-state index in [1.54, 1.807) is 12.1 Å². The number of carbonyl (C=O) groups is 1. The number of rotatable bonds is 7. The van der Waals surface area contributed by atoms with E-state index >= 15 is 0 Å². The van der Waals surface area contributed by atoms with Gasteiger partial charge in [-0.25, -0.2) is 13.1 Å². The van der Waals surface area contributed by atoms with E-state index in [9.17, 15) is 13.2 Å². The first-order valence-electron chi connectivity index (χ1n) is 10.2. The van der Waals surface area contributed by atoms with Crippen molar-refractivity contribution in [2.24, 2.45) is 0 Å². The van der Waals surface area contributed by atoms with Crippen molar-refractivity contribution in [3.05, 3.63) is 29.3 Å². The number of hydrogen-bond acceptors (Lipinski definition) is 4. The van der Waals surface area contributed by atoms with E-state index in [1.165, 1.54) is 50.7 Å². The summed E-state index contributed by atoms with van der Waals surface area (Å²) in [6, 6.07) is 6.91. The third-order valence-electron chi connectivity index (χ3n) is 5.68. The summed E-state index contributed by atoms with van der Waals surface area (Å²) in [6.07, 6.45) is 8.94.